The third-order valence-electron chi connectivity index (χ3n) is 4.26. The quantitative estimate of drug-likeness (QED) is 0.812. The molecule has 2 unspecified atom stereocenters. The number of carbonyl (C=O) groups excluding carboxylic acids is 1. The van der Waals surface area contributed by atoms with Gasteiger partial charge in [-0.3, -0.25) is 4.79 Å². The van der Waals surface area contributed by atoms with Gasteiger partial charge in [-0.15, -0.1) is 0 Å². The van der Waals surface area contributed by atoms with Crippen molar-refractivity contribution in [3.05, 3.63) is 34.9 Å². The van der Waals surface area contributed by atoms with Crippen molar-refractivity contribution in [3.8, 4) is 0 Å². The fourth-order valence-corrected chi connectivity index (χ4v) is 2.90. The molecule has 1 saturated carbocycles. The summed E-state index contributed by atoms with van der Waals surface area (Å²) in [4.78, 5) is 12.2. The van der Waals surface area contributed by atoms with E-state index in [9.17, 15) is 9.90 Å². The molecule has 0 aliphatic heterocycles. The van der Waals surface area contributed by atoms with Gasteiger partial charge >= 0.3 is 0 Å². The van der Waals surface area contributed by atoms with Crippen LogP contribution in [-0.4, -0.2) is 23.2 Å². The van der Waals surface area contributed by atoms with Gasteiger partial charge in [0.1, 0.15) is 0 Å². The average molecular weight is 310 g/mol. The van der Waals surface area contributed by atoms with Crippen molar-refractivity contribution in [2.45, 2.75) is 45.1 Å². The van der Waals surface area contributed by atoms with Crippen molar-refractivity contribution in [1.29, 1.82) is 0 Å². The Morgan fingerprint density at radius 1 is 1.43 bits per heavy atom. The number of nitrogens with one attached hydrogen (secondary N) is 1. The molecule has 1 aromatic rings. The van der Waals surface area contributed by atoms with E-state index < -0.39 is 5.54 Å². The molecule has 0 bridgehead atoms. The lowest BCUT2D eigenvalue weighted by molar-refractivity contribution is -0.124. The van der Waals surface area contributed by atoms with E-state index in [1.165, 1.54) is 5.56 Å². The van der Waals surface area contributed by atoms with E-state index in [-0.39, 0.29) is 18.4 Å². The highest BCUT2D eigenvalue weighted by molar-refractivity contribution is 6.30. The third-order valence-corrected chi connectivity index (χ3v) is 4.52. The SMILES string of the molecule is CC(CC(=O)NC(C)(CO)C1CC1)Cc1ccc(Cl)cc1. The van der Waals surface area contributed by atoms with Gasteiger partial charge in [-0.25, -0.2) is 0 Å². The van der Waals surface area contributed by atoms with Crippen LogP contribution in [0.2, 0.25) is 5.02 Å². The first-order chi connectivity index (χ1) is 9.93. The molecule has 1 aromatic carbocycles. The minimum atomic E-state index is -0.447. The van der Waals surface area contributed by atoms with Crippen molar-refractivity contribution >= 4 is 17.5 Å². The molecule has 1 amide bonds. The summed E-state index contributed by atoms with van der Waals surface area (Å²) in [5.41, 5.74) is 0.740. The zero-order valence-corrected chi connectivity index (χ0v) is 13.5. The number of amides is 1. The number of halogens is 1. The summed E-state index contributed by atoms with van der Waals surface area (Å²) in [5.74, 6) is 0.714. The molecule has 0 saturated heterocycles. The average Bonchev–Trinajstić information content (AvgIpc) is 3.25. The first kappa shape index (κ1) is 16.3. The second-order valence-electron chi connectivity index (χ2n) is 6.54. The Kier molecular flexibility index (Phi) is 5.28. The molecule has 0 aromatic heterocycles. The molecular weight excluding hydrogens is 286 g/mol. The lowest BCUT2D eigenvalue weighted by Gasteiger charge is -2.29. The number of aliphatic hydroxyl groups is 1. The van der Waals surface area contributed by atoms with Crippen LogP contribution in [-0.2, 0) is 11.2 Å². The molecule has 1 fully saturated rings. The van der Waals surface area contributed by atoms with E-state index in [1.54, 1.807) is 0 Å². The standard InChI is InChI=1S/C17H24ClNO2/c1-12(9-13-3-7-15(18)8-4-13)10-16(21)19-17(2,11-20)14-5-6-14/h3-4,7-8,12,14,20H,5-6,9-11H2,1-2H3,(H,19,21). The molecule has 2 atom stereocenters. The lowest BCUT2D eigenvalue weighted by atomic mass is 9.94. The largest absolute Gasteiger partial charge is 0.394 e. The molecule has 0 spiro atoms. The summed E-state index contributed by atoms with van der Waals surface area (Å²) in [5, 5.41) is 13.3. The number of rotatable bonds is 7. The van der Waals surface area contributed by atoms with Crippen molar-refractivity contribution < 1.29 is 9.90 Å². The summed E-state index contributed by atoms with van der Waals surface area (Å²) < 4.78 is 0. The Morgan fingerprint density at radius 3 is 2.57 bits per heavy atom. The second kappa shape index (κ2) is 6.80. The van der Waals surface area contributed by atoms with Crippen LogP contribution in [0.4, 0.5) is 0 Å². The van der Waals surface area contributed by atoms with Crippen LogP contribution in [0.3, 0.4) is 0 Å². The second-order valence-corrected chi connectivity index (χ2v) is 6.97. The van der Waals surface area contributed by atoms with Gasteiger partial charge in [-0.05, 0) is 55.7 Å². The summed E-state index contributed by atoms with van der Waals surface area (Å²) in [6, 6.07) is 7.75. The van der Waals surface area contributed by atoms with Gasteiger partial charge in [0.2, 0.25) is 5.91 Å². The van der Waals surface area contributed by atoms with E-state index >= 15 is 0 Å². The van der Waals surface area contributed by atoms with E-state index in [4.69, 9.17) is 11.6 Å². The predicted molar refractivity (Wildman–Crippen MR) is 85.3 cm³/mol. The summed E-state index contributed by atoms with van der Waals surface area (Å²) >= 11 is 5.87. The number of hydrogen-bond donors (Lipinski definition) is 2. The molecule has 4 heteroatoms. The van der Waals surface area contributed by atoms with Crippen LogP contribution >= 0.6 is 11.6 Å². The van der Waals surface area contributed by atoms with Crippen molar-refractivity contribution in [1.82, 2.24) is 5.32 Å². The zero-order chi connectivity index (χ0) is 15.5. The molecule has 3 nitrogen and oxygen atoms in total. The summed E-state index contributed by atoms with van der Waals surface area (Å²) in [6.07, 6.45) is 3.52. The van der Waals surface area contributed by atoms with Gasteiger partial charge in [0.25, 0.3) is 0 Å². The molecule has 2 N–H and O–H groups in total. The maximum absolute atomic E-state index is 12.2. The summed E-state index contributed by atoms with van der Waals surface area (Å²) in [6.45, 7) is 4.02. The maximum Gasteiger partial charge on any atom is 0.220 e. The molecule has 21 heavy (non-hydrogen) atoms. The van der Waals surface area contributed by atoms with E-state index in [1.807, 2.05) is 31.2 Å². The minimum absolute atomic E-state index is 0.00890. The Bertz CT molecular complexity index is 484. The third kappa shape index (κ3) is 4.72. The normalized spacial score (nSPS) is 18.9. The smallest absolute Gasteiger partial charge is 0.220 e. The Labute approximate surface area is 131 Å². The Hall–Kier alpha value is -1.06. The van der Waals surface area contributed by atoms with Crippen molar-refractivity contribution in [3.63, 3.8) is 0 Å². The van der Waals surface area contributed by atoms with Crippen LogP contribution in [0.5, 0.6) is 0 Å². The van der Waals surface area contributed by atoms with E-state index in [0.29, 0.717) is 12.3 Å². The first-order valence-corrected chi connectivity index (χ1v) is 7.97. The molecule has 1 aliphatic rings. The maximum atomic E-state index is 12.2. The van der Waals surface area contributed by atoms with Gasteiger partial charge in [0.15, 0.2) is 0 Å². The zero-order valence-electron chi connectivity index (χ0n) is 12.7. The highest BCUT2D eigenvalue weighted by Gasteiger charge is 2.42. The van der Waals surface area contributed by atoms with Crippen molar-refractivity contribution in [2.24, 2.45) is 11.8 Å². The molecule has 116 valence electrons. The fraction of sp³-hybridized carbons (Fsp3) is 0.588. The number of benzene rings is 1. The predicted octanol–water partition coefficient (Wildman–Crippen LogP) is 3.19. The van der Waals surface area contributed by atoms with Gasteiger partial charge < -0.3 is 10.4 Å². The minimum Gasteiger partial charge on any atom is -0.394 e. The monoisotopic (exact) mass is 309 g/mol. The molecule has 1 aliphatic carbocycles. The van der Waals surface area contributed by atoms with Crippen LogP contribution in [0, 0.1) is 11.8 Å². The van der Waals surface area contributed by atoms with Crippen LogP contribution in [0.15, 0.2) is 24.3 Å². The van der Waals surface area contributed by atoms with Gasteiger partial charge in [-0.1, -0.05) is 30.7 Å². The molecule has 0 radical (unpaired) electrons. The highest BCUT2D eigenvalue weighted by Crippen LogP contribution is 2.39. The Morgan fingerprint density at radius 2 is 2.05 bits per heavy atom. The van der Waals surface area contributed by atoms with Gasteiger partial charge in [0, 0.05) is 11.4 Å². The van der Waals surface area contributed by atoms with E-state index in [2.05, 4.69) is 12.2 Å². The fourth-order valence-electron chi connectivity index (χ4n) is 2.77. The number of carbonyl (C=O) groups is 1. The first-order valence-electron chi connectivity index (χ1n) is 7.59. The van der Waals surface area contributed by atoms with Crippen molar-refractivity contribution in [2.75, 3.05) is 6.61 Å². The van der Waals surface area contributed by atoms with Crippen LogP contribution < -0.4 is 5.32 Å². The molecular formula is C17H24ClNO2. The molecule has 0 heterocycles. The van der Waals surface area contributed by atoms with E-state index in [0.717, 1.165) is 24.3 Å². The number of hydrogen-bond acceptors (Lipinski definition) is 2. The number of aliphatic hydroxyl groups excluding tert-OH is 1. The molecule has 2 rings (SSSR count). The van der Waals surface area contributed by atoms with Crippen LogP contribution in [0.25, 0.3) is 0 Å². The topological polar surface area (TPSA) is 49.3 Å². The summed E-state index contributed by atoms with van der Waals surface area (Å²) in [7, 11) is 0. The van der Waals surface area contributed by atoms with Gasteiger partial charge in [-0.2, -0.15) is 0 Å². The lowest BCUT2D eigenvalue weighted by Crippen LogP contribution is -2.51. The Balaban J connectivity index is 1.82. The van der Waals surface area contributed by atoms with Gasteiger partial charge in [0.05, 0.1) is 12.1 Å². The van der Waals surface area contributed by atoms with Crippen LogP contribution in [0.1, 0.15) is 38.7 Å². The highest BCUT2D eigenvalue weighted by atomic mass is 35.5.